The van der Waals surface area contributed by atoms with Crippen molar-refractivity contribution in [3.8, 4) is 5.75 Å². The number of rotatable bonds is 5. The summed E-state index contributed by atoms with van der Waals surface area (Å²) in [6, 6.07) is 7.82. The Kier molecular flexibility index (Phi) is 5.38. The number of carbonyl (C=O) groups excluding carboxylic acids is 1. The summed E-state index contributed by atoms with van der Waals surface area (Å²) in [6.07, 6.45) is 0.445. The van der Waals surface area contributed by atoms with Crippen molar-refractivity contribution in [2.45, 2.75) is 25.4 Å². The van der Waals surface area contributed by atoms with Crippen molar-refractivity contribution in [2.24, 2.45) is 0 Å². The summed E-state index contributed by atoms with van der Waals surface area (Å²) in [7, 11) is 1.64. The van der Waals surface area contributed by atoms with E-state index in [1.807, 2.05) is 31.2 Å². The van der Waals surface area contributed by atoms with Crippen molar-refractivity contribution in [1.82, 2.24) is 10.6 Å². The Balaban J connectivity index is 1.82. The van der Waals surface area contributed by atoms with Crippen molar-refractivity contribution >= 4 is 5.91 Å². The maximum absolute atomic E-state index is 12.0. The summed E-state index contributed by atoms with van der Waals surface area (Å²) < 4.78 is 10.5. The lowest BCUT2D eigenvalue weighted by Crippen LogP contribution is -2.44. The molecule has 1 fully saturated rings. The van der Waals surface area contributed by atoms with Crippen molar-refractivity contribution in [3.63, 3.8) is 0 Å². The second-order valence-corrected chi connectivity index (χ2v) is 4.99. The molecule has 1 aliphatic heterocycles. The molecule has 0 radical (unpaired) electrons. The molecule has 1 aromatic rings. The second kappa shape index (κ2) is 7.26. The number of morpholine rings is 1. The SMILES string of the molecule is COc1ccc([C@H](C)NC(=O)CC2COCCN2)cc1. The predicted molar refractivity (Wildman–Crippen MR) is 76.8 cm³/mol. The lowest BCUT2D eigenvalue weighted by Gasteiger charge is -2.24. The molecule has 5 nitrogen and oxygen atoms in total. The minimum Gasteiger partial charge on any atom is -0.497 e. The molecule has 0 saturated carbocycles. The van der Waals surface area contributed by atoms with Gasteiger partial charge in [0, 0.05) is 19.0 Å². The monoisotopic (exact) mass is 278 g/mol. The fourth-order valence-corrected chi connectivity index (χ4v) is 2.25. The lowest BCUT2D eigenvalue weighted by molar-refractivity contribution is -0.122. The summed E-state index contributed by atoms with van der Waals surface area (Å²) >= 11 is 0. The van der Waals surface area contributed by atoms with E-state index in [0.717, 1.165) is 24.5 Å². The average molecular weight is 278 g/mol. The molecule has 0 aromatic heterocycles. The first kappa shape index (κ1) is 14.8. The quantitative estimate of drug-likeness (QED) is 0.851. The largest absolute Gasteiger partial charge is 0.497 e. The van der Waals surface area contributed by atoms with E-state index in [-0.39, 0.29) is 18.0 Å². The Hall–Kier alpha value is -1.59. The van der Waals surface area contributed by atoms with E-state index in [9.17, 15) is 4.79 Å². The zero-order valence-corrected chi connectivity index (χ0v) is 12.0. The van der Waals surface area contributed by atoms with E-state index in [1.165, 1.54) is 0 Å². The van der Waals surface area contributed by atoms with Crippen LogP contribution in [0.1, 0.15) is 24.9 Å². The van der Waals surface area contributed by atoms with Gasteiger partial charge in [-0.3, -0.25) is 4.79 Å². The van der Waals surface area contributed by atoms with E-state index in [0.29, 0.717) is 13.0 Å². The second-order valence-electron chi connectivity index (χ2n) is 4.99. The van der Waals surface area contributed by atoms with Gasteiger partial charge in [-0.25, -0.2) is 0 Å². The molecule has 2 N–H and O–H groups in total. The van der Waals surface area contributed by atoms with Gasteiger partial charge in [0.05, 0.1) is 26.4 Å². The molecule has 2 rings (SSSR count). The fourth-order valence-electron chi connectivity index (χ4n) is 2.25. The molecule has 2 atom stereocenters. The molecule has 1 heterocycles. The van der Waals surface area contributed by atoms with Crippen LogP contribution in [0.3, 0.4) is 0 Å². The van der Waals surface area contributed by atoms with Gasteiger partial charge in [0.25, 0.3) is 0 Å². The number of amides is 1. The maximum Gasteiger partial charge on any atom is 0.222 e. The van der Waals surface area contributed by atoms with Crippen LogP contribution in [0.5, 0.6) is 5.75 Å². The molecule has 1 saturated heterocycles. The van der Waals surface area contributed by atoms with Gasteiger partial charge in [-0.05, 0) is 24.6 Å². The summed E-state index contributed by atoms with van der Waals surface area (Å²) in [5.41, 5.74) is 1.06. The summed E-state index contributed by atoms with van der Waals surface area (Å²) in [6.45, 7) is 4.11. The van der Waals surface area contributed by atoms with E-state index in [4.69, 9.17) is 9.47 Å². The third-order valence-electron chi connectivity index (χ3n) is 3.42. The standard InChI is InChI=1S/C15H22N2O3/c1-11(12-3-5-14(19-2)6-4-12)17-15(18)9-13-10-20-8-7-16-13/h3-6,11,13,16H,7-10H2,1-2H3,(H,17,18)/t11-,13?/m0/s1. The molecular weight excluding hydrogens is 256 g/mol. The van der Waals surface area contributed by atoms with Crippen LogP contribution >= 0.6 is 0 Å². The Morgan fingerprint density at radius 3 is 2.85 bits per heavy atom. The van der Waals surface area contributed by atoms with Crippen LogP contribution in [0.2, 0.25) is 0 Å². The average Bonchev–Trinajstić information content (AvgIpc) is 2.48. The molecule has 0 bridgehead atoms. The van der Waals surface area contributed by atoms with E-state index < -0.39 is 0 Å². The molecule has 1 unspecified atom stereocenters. The Bertz CT molecular complexity index is 427. The Morgan fingerprint density at radius 1 is 1.50 bits per heavy atom. The van der Waals surface area contributed by atoms with Crippen LogP contribution in [-0.4, -0.2) is 38.8 Å². The van der Waals surface area contributed by atoms with Gasteiger partial charge >= 0.3 is 0 Å². The van der Waals surface area contributed by atoms with Crippen molar-refractivity contribution in [3.05, 3.63) is 29.8 Å². The predicted octanol–water partition coefficient (Wildman–Crippen LogP) is 1.25. The first-order chi connectivity index (χ1) is 9.69. The number of nitrogens with one attached hydrogen (secondary N) is 2. The number of ether oxygens (including phenoxy) is 2. The van der Waals surface area contributed by atoms with Crippen molar-refractivity contribution in [2.75, 3.05) is 26.9 Å². The Morgan fingerprint density at radius 2 is 2.25 bits per heavy atom. The van der Waals surface area contributed by atoms with Gasteiger partial charge in [0.2, 0.25) is 5.91 Å². The van der Waals surface area contributed by atoms with Gasteiger partial charge in [0.1, 0.15) is 5.75 Å². The molecule has 0 aliphatic carbocycles. The smallest absolute Gasteiger partial charge is 0.222 e. The third kappa shape index (κ3) is 4.21. The summed E-state index contributed by atoms with van der Waals surface area (Å²) in [5, 5.41) is 6.28. The molecule has 1 aromatic carbocycles. The highest BCUT2D eigenvalue weighted by molar-refractivity contribution is 5.77. The molecule has 1 amide bonds. The van der Waals surface area contributed by atoms with E-state index >= 15 is 0 Å². The number of carbonyl (C=O) groups is 1. The molecule has 1 aliphatic rings. The van der Waals surface area contributed by atoms with Gasteiger partial charge in [0.15, 0.2) is 0 Å². The normalized spacial score (nSPS) is 20.2. The third-order valence-corrected chi connectivity index (χ3v) is 3.42. The topological polar surface area (TPSA) is 59.6 Å². The van der Waals surface area contributed by atoms with Crippen LogP contribution in [0.25, 0.3) is 0 Å². The van der Waals surface area contributed by atoms with Gasteiger partial charge in [-0.2, -0.15) is 0 Å². The van der Waals surface area contributed by atoms with Crippen LogP contribution < -0.4 is 15.4 Å². The highest BCUT2D eigenvalue weighted by atomic mass is 16.5. The van der Waals surface area contributed by atoms with Crippen molar-refractivity contribution < 1.29 is 14.3 Å². The van der Waals surface area contributed by atoms with Crippen LogP contribution in [0.4, 0.5) is 0 Å². The lowest BCUT2D eigenvalue weighted by atomic mass is 10.1. The molecule has 20 heavy (non-hydrogen) atoms. The summed E-state index contributed by atoms with van der Waals surface area (Å²) in [4.78, 5) is 12.0. The van der Waals surface area contributed by atoms with Gasteiger partial charge in [-0.1, -0.05) is 12.1 Å². The van der Waals surface area contributed by atoms with Crippen LogP contribution in [-0.2, 0) is 9.53 Å². The van der Waals surface area contributed by atoms with Crippen LogP contribution in [0.15, 0.2) is 24.3 Å². The first-order valence-electron chi connectivity index (χ1n) is 6.93. The molecule has 0 spiro atoms. The minimum absolute atomic E-state index is 0.0158. The molecular formula is C15H22N2O3. The molecule has 110 valence electrons. The summed E-state index contributed by atoms with van der Waals surface area (Å²) in [5.74, 6) is 0.854. The van der Waals surface area contributed by atoms with Crippen molar-refractivity contribution in [1.29, 1.82) is 0 Å². The highest BCUT2D eigenvalue weighted by Crippen LogP contribution is 2.17. The van der Waals surface area contributed by atoms with Crippen LogP contribution in [0, 0.1) is 0 Å². The number of methoxy groups -OCH3 is 1. The Labute approximate surface area is 119 Å². The number of benzene rings is 1. The minimum atomic E-state index is -0.0158. The fraction of sp³-hybridized carbons (Fsp3) is 0.533. The molecule has 5 heteroatoms. The van der Waals surface area contributed by atoms with Gasteiger partial charge in [-0.15, -0.1) is 0 Å². The van der Waals surface area contributed by atoms with E-state index in [1.54, 1.807) is 7.11 Å². The zero-order valence-electron chi connectivity index (χ0n) is 12.0. The first-order valence-corrected chi connectivity index (χ1v) is 6.93. The van der Waals surface area contributed by atoms with E-state index in [2.05, 4.69) is 10.6 Å². The maximum atomic E-state index is 12.0. The number of hydrogen-bond donors (Lipinski definition) is 2. The van der Waals surface area contributed by atoms with Gasteiger partial charge < -0.3 is 20.1 Å². The zero-order chi connectivity index (χ0) is 14.4. The number of hydrogen-bond acceptors (Lipinski definition) is 4. The highest BCUT2D eigenvalue weighted by Gasteiger charge is 2.18.